The van der Waals surface area contributed by atoms with Gasteiger partial charge in [-0.25, -0.2) is 26.2 Å². The van der Waals surface area contributed by atoms with Crippen molar-refractivity contribution in [2.45, 2.75) is 50.7 Å². The van der Waals surface area contributed by atoms with Crippen LogP contribution in [0.5, 0.6) is 11.5 Å². The zero-order valence-corrected chi connectivity index (χ0v) is 22.2. The molecule has 2 aromatic heterocycles. The Labute approximate surface area is 205 Å². The van der Waals surface area contributed by atoms with Crippen molar-refractivity contribution in [3.63, 3.8) is 0 Å². The first-order valence-corrected chi connectivity index (χ1v) is 14.2. The number of ether oxygens (including phenoxy) is 2. The molecule has 0 fully saturated rings. The van der Waals surface area contributed by atoms with Crippen molar-refractivity contribution >= 4 is 31.2 Å². The first-order valence-electron chi connectivity index (χ1n) is 11.0. The molecule has 12 heteroatoms. The summed E-state index contributed by atoms with van der Waals surface area (Å²) in [4.78, 5) is 4.26. The number of aromatic nitrogens is 2. The van der Waals surface area contributed by atoms with Crippen molar-refractivity contribution in [1.29, 1.82) is 0 Å². The zero-order chi connectivity index (χ0) is 26.2. The van der Waals surface area contributed by atoms with Crippen LogP contribution in [0, 0.1) is 5.82 Å². The van der Waals surface area contributed by atoms with Crippen LogP contribution in [0.2, 0.25) is 0 Å². The van der Waals surface area contributed by atoms with Gasteiger partial charge in [0.25, 0.3) is 0 Å². The number of sulfonamides is 1. The monoisotopic (exact) mass is 527 g/mol. The van der Waals surface area contributed by atoms with Crippen LogP contribution in [-0.2, 0) is 19.9 Å². The minimum Gasteiger partial charge on any atom is -0.495 e. The average Bonchev–Trinajstić information content (AvgIpc) is 3.16. The molecule has 0 aliphatic heterocycles. The van der Waals surface area contributed by atoms with Gasteiger partial charge in [0.2, 0.25) is 10.0 Å². The Hall–Kier alpha value is -2.86. The maximum Gasteiger partial charge on any atom is 0.232 e. The van der Waals surface area contributed by atoms with E-state index in [1.807, 2.05) is 0 Å². The van der Waals surface area contributed by atoms with Gasteiger partial charge < -0.3 is 9.47 Å². The summed E-state index contributed by atoms with van der Waals surface area (Å²) in [6.45, 7) is 8.25. The van der Waals surface area contributed by atoms with Gasteiger partial charge in [0.05, 0.1) is 41.8 Å². The van der Waals surface area contributed by atoms with Gasteiger partial charge in [-0.15, -0.1) is 0 Å². The predicted octanol–water partition coefficient (Wildman–Crippen LogP) is 4.27. The van der Waals surface area contributed by atoms with Crippen LogP contribution in [0.3, 0.4) is 0 Å². The van der Waals surface area contributed by atoms with Crippen LogP contribution in [0.1, 0.15) is 41.0 Å². The maximum absolute atomic E-state index is 15.1. The quantitative estimate of drug-likeness (QED) is 0.442. The number of pyridine rings is 1. The summed E-state index contributed by atoms with van der Waals surface area (Å²) in [5, 5.41) is 0. The molecule has 3 aromatic rings. The Balaban J connectivity index is 2.27. The number of nitrogens with zero attached hydrogens (tertiary/aromatic N) is 2. The van der Waals surface area contributed by atoms with E-state index in [-0.39, 0.29) is 40.0 Å². The van der Waals surface area contributed by atoms with Crippen molar-refractivity contribution in [2.75, 3.05) is 24.2 Å². The Bertz CT molecular complexity index is 1460. The number of sulfone groups is 1. The van der Waals surface area contributed by atoms with E-state index in [0.29, 0.717) is 17.8 Å². The molecular formula is C23H30FN3O6S2. The third kappa shape index (κ3) is 5.22. The van der Waals surface area contributed by atoms with Crippen LogP contribution in [0.4, 0.5) is 10.1 Å². The number of methoxy groups -OCH3 is 1. The molecule has 192 valence electrons. The van der Waals surface area contributed by atoms with Gasteiger partial charge in [0.15, 0.2) is 21.4 Å². The van der Waals surface area contributed by atoms with E-state index in [1.165, 1.54) is 42.1 Å². The maximum atomic E-state index is 15.1. The Morgan fingerprint density at radius 1 is 1.11 bits per heavy atom. The predicted molar refractivity (Wildman–Crippen MR) is 133 cm³/mol. The molecule has 35 heavy (non-hydrogen) atoms. The Morgan fingerprint density at radius 3 is 2.37 bits per heavy atom. The number of imidazole rings is 1. The SMILES string of the molecule is CCCS(=O)(=O)Nc1cc(-c2cnc3cc(OC)c(S(=O)(=O)C(C)(C)C)cn23)cc(F)c1OCC. The molecule has 0 spiro atoms. The fraction of sp³-hybridized carbons (Fsp3) is 0.435. The third-order valence-corrected chi connectivity index (χ3v) is 9.23. The molecule has 0 amide bonds. The molecule has 0 bridgehead atoms. The van der Waals surface area contributed by atoms with Gasteiger partial charge in [0, 0.05) is 17.8 Å². The van der Waals surface area contributed by atoms with E-state index in [2.05, 4.69) is 9.71 Å². The number of nitrogens with one attached hydrogen (secondary N) is 1. The van der Waals surface area contributed by atoms with Crippen LogP contribution in [0.25, 0.3) is 16.9 Å². The van der Waals surface area contributed by atoms with Crippen molar-refractivity contribution in [3.05, 3.63) is 36.4 Å². The summed E-state index contributed by atoms with van der Waals surface area (Å²) >= 11 is 0. The lowest BCUT2D eigenvalue weighted by Gasteiger charge is -2.21. The molecule has 1 aromatic carbocycles. The van der Waals surface area contributed by atoms with Gasteiger partial charge >= 0.3 is 0 Å². The largest absolute Gasteiger partial charge is 0.495 e. The lowest BCUT2D eigenvalue weighted by molar-refractivity contribution is 0.323. The molecule has 0 saturated carbocycles. The number of benzene rings is 1. The van der Waals surface area contributed by atoms with E-state index >= 15 is 4.39 Å². The molecule has 1 N–H and O–H groups in total. The number of hydrogen-bond acceptors (Lipinski definition) is 7. The van der Waals surface area contributed by atoms with E-state index < -0.39 is 30.4 Å². The Morgan fingerprint density at radius 2 is 1.80 bits per heavy atom. The molecule has 0 atom stereocenters. The molecular weight excluding hydrogens is 497 g/mol. The van der Waals surface area contributed by atoms with Crippen LogP contribution in [-0.4, -0.2) is 50.4 Å². The fourth-order valence-corrected chi connectivity index (χ4v) is 5.92. The standard InChI is InChI=1S/C23H30FN3O6S2/c1-7-9-34(28,29)26-17-11-15(10-16(24)22(17)33-8-2)18-13-25-21-12-19(32-6)20(14-27(18)21)35(30,31)23(3,4)5/h10-14,26H,7-9H2,1-6H3. The van der Waals surface area contributed by atoms with Gasteiger partial charge in [-0.2, -0.15) is 0 Å². The third-order valence-electron chi connectivity index (χ3n) is 5.26. The number of anilines is 1. The molecule has 0 saturated heterocycles. The summed E-state index contributed by atoms with van der Waals surface area (Å²) in [6.07, 6.45) is 3.20. The summed E-state index contributed by atoms with van der Waals surface area (Å²) in [7, 11) is -6.18. The number of rotatable bonds is 9. The Kier molecular flexibility index (Phi) is 7.37. The highest BCUT2D eigenvalue weighted by Gasteiger charge is 2.34. The first kappa shape index (κ1) is 26.7. The van der Waals surface area contributed by atoms with Crippen LogP contribution >= 0.6 is 0 Å². The van der Waals surface area contributed by atoms with Gasteiger partial charge in [0.1, 0.15) is 16.3 Å². The summed E-state index contributed by atoms with van der Waals surface area (Å²) < 4.78 is 79.8. The molecule has 0 aliphatic carbocycles. The molecule has 2 heterocycles. The van der Waals surface area contributed by atoms with Gasteiger partial charge in [-0.3, -0.25) is 9.12 Å². The lowest BCUT2D eigenvalue weighted by atomic mass is 10.1. The van der Waals surface area contributed by atoms with Crippen molar-refractivity contribution in [3.8, 4) is 22.8 Å². The van der Waals surface area contributed by atoms with Crippen LogP contribution in [0.15, 0.2) is 35.5 Å². The molecule has 0 unspecified atom stereocenters. The molecule has 0 aliphatic rings. The van der Waals surface area contributed by atoms with E-state index in [0.717, 1.165) is 0 Å². The second-order valence-electron chi connectivity index (χ2n) is 8.88. The number of hydrogen-bond donors (Lipinski definition) is 1. The first-order chi connectivity index (χ1) is 16.3. The topological polar surface area (TPSA) is 116 Å². The van der Waals surface area contributed by atoms with Crippen molar-refractivity contribution < 1.29 is 30.7 Å². The highest BCUT2D eigenvalue weighted by molar-refractivity contribution is 7.93. The minimum absolute atomic E-state index is 0.0467. The molecule has 9 nitrogen and oxygen atoms in total. The zero-order valence-electron chi connectivity index (χ0n) is 20.5. The molecule has 0 radical (unpaired) electrons. The van der Waals surface area contributed by atoms with Crippen molar-refractivity contribution in [2.24, 2.45) is 0 Å². The van der Waals surface area contributed by atoms with E-state index in [9.17, 15) is 16.8 Å². The van der Waals surface area contributed by atoms with Gasteiger partial charge in [-0.05, 0) is 46.2 Å². The summed E-state index contributed by atoms with van der Waals surface area (Å²) in [6, 6.07) is 4.11. The second-order valence-corrected chi connectivity index (χ2v) is 13.4. The smallest absolute Gasteiger partial charge is 0.232 e. The van der Waals surface area contributed by atoms with Crippen molar-refractivity contribution in [1.82, 2.24) is 9.38 Å². The van der Waals surface area contributed by atoms with E-state index in [1.54, 1.807) is 34.6 Å². The second kappa shape index (κ2) is 9.65. The minimum atomic E-state index is -3.81. The van der Waals surface area contributed by atoms with Crippen LogP contribution < -0.4 is 14.2 Å². The van der Waals surface area contributed by atoms with Gasteiger partial charge in [-0.1, -0.05) is 6.92 Å². The number of halogens is 1. The average molecular weight is 528 g/mol. The normalized spacial score (nSPS) is 12.7. The van der Waals surface area contributed by atoms with E-state index in [4.69, 9.17) is 9.47 Å². The highest BCUT2D eigenvalue weighted by atomic mass is 32.2. The highest BCUT2D eigenvalue weighted by Crippen LogP contribution is 2.37. The molecule has 3 rings (SSSR count). The fourth-order valence-electron chi connectivity index (χ4n) is 3.49. The summed E-state index contributed by atoms with van der Waals surface area (Å²) in [5.41, 5.74) is 0.941. The number of fused-ring (bicyclic) bond motifs is 1. The lowest BCUT2D eigenvalue weighted by Crippen LogP contribution is -2.28. The summed E-state index contributed by atoms with van der Waals surface area (Å²) in [5.74, 6) is -1.00.